The van der Waals surface area contributed by atoms with Crippen molar-refractivity contribution in [1.82, 2.24) is 4.98 Å². The molecule has 2 rings (SSSR count). The van der Waals surface area contributed by atoms with Gasteiger partial charge in [-0.15, -0.1) is 0 Å². The number of nitro groups is 1. The van der Waals surface area contributed by atoms with Crippen LogP contribution in [0.4, 0.5) is 11.4 Å². The van der Waals surface area contributed by atoms with Crippen LogP contribution in [0.5, 0.6) is 0 Å². The van der Waals surface area contributed by atoms with E-state index in [1.807, 2.05) is 13.0 Å². The number of nitrogens with zero attached hydrogens (tertiary/aromatic N) is 2. The molecule has 0 bridgehead atoms. The number of benzene rings is 1. The Hall–Kier alpha value is -2.21. The number of non-ortho nitro benzene ring substituents is 1. The van der Waals surface area contributed by atoms with Crippen LogP contribution in [-0.4, -0.2) is 23.0 Å². The lowest BCUT2D eigenvalue weighted by Gasteiger charge is -2.10. The maximum absolute atomic E-state index is 11.0. The lowest BCUT2D eigenvalue weighted by molar-refractivity contribution is -0.383. The summed E-state index contributed by atoms with van der Waals surface area (Å²) in [5.74, 6) is 0. The van der Waals surface area contributed by atoms with Crippen molar-refractivity contribution in [2.75, 3.05) is 18.4 Å². The standard InChI is InChI=1S/C13H16N4O2/c1-9-7-10-11(8-16-9)13(17(18)19)4-3-12(10)15-6-2-5-14/h3-4,7-8,15H,2,5-6,14H2,1H3. The zero-order valence-electron chi connectivity index (χ0n) is 10.7. The molecule has 0 fully saturated rings. The van der Waals surface area contributed by atoms with Crippen LogP contribution in [-0.2, 0) is 0 Å². The van der Waals surface area contributed by atoms with Gasteiger partial charge in [0.1, 0.15) is 0 Å². The fourth-order valence-corrected chi connectivity index (χ4v) is 1.97. The Kier molecular flexibility index (Phi) is 3.91. The second kappa shape index (κ2) is 5.62. The smallest absolute Gasteiger partial charge is 0.278 e. The van der Waals surface area contributed by atoms with E-state index in [-0.39, 0.29) is 10.6 Å². The van der Waals surface area contributed by atoms with Gasteiger partial charge in [-0.05, 0) is 32.0 Å². The molecule has 6 heteroatoms. The third kappa shape index (κ3) is 2.79. The van der Waals surface area contributed by atoms with Gasteiger partial charge in [-0.3, -0.25) is 15.1 Å². The molecule has 6 nitrogen and oxygen atoms in total. The van der Waals surface area contributed by atoms with Crippen LogP contribution in [0.3, 0.4) is 0 Å². The molecule has 0 aliphatic heterocycles. The average Bonchev–Trinajstić information content (AvgIpc) is 2.38. The molecule has 0 atom stereocenters. The van der Waals surface area contributed by atoms with Crippen molar-refractivity contribution in [2.24, 2.45) is 5.73 Å². The SMILES string of the molecule is Cc1cc2c(NCCCN)ccc([N+](=O)[O-])c2cn1. The van der Waals surface area contributed by atoms with E-state index in [9.17, 15) is 10.1 Å². The van der Waals surface area contributed by atoms with Crippen LogP contribution in [0, 0.1) is 17.0 Å². The Morgan fingerprint density at radius 2 is 2.21 bits per heavy atom. The van der Waals surface area contributed by atoms with Gasteiger partial charge < -0.3 is 11.1 Å². The minimum absolute atomic E-state index is 0.0758. The highest BCUT2D eigenvalue weighted by Crippen LogP contribution is 2.31. The summed E-state index contributed by atoms with van der Waals surface area (Å²) in [6, 6.07) is 5.09. The van der Waals surface area contributed by atoms with E-state index in [0.29, 0.717) is 11.9 Å². The summed E-state index contributed by atoms with van der Waals surface area (Å²) >= 11 is 0. The normalized spacial score (nSPS) is 10.6. The Morgan fingerprint density at radius 3 is 2.89 bits per heavy atom. The fourth-order valence-electron chi connectivity index (χ4n) is 1.97. The molecule has 0 saturated carbocycles. The van der Waals surface area contributed by atoms with Crippen molar-refractivity contribution in [3.8, 4) is 0 Å². The van der Waals surface area contributed by atoms with Crippen LogP contribution in [0.15, 0.2) is 24.4 Å². The molecular formula is C13H16N4O2. The molecule has 1 heterocycles. The predicted molar refractivity (Wildman–Crippen MR) is 75.3 cm³/mol. The summed E-state index contributed by atoms with van der Waals surface area (Å²) in [6.07, 6.45) is 2.40. The van der Waals surface area contributed by atoms with Gasteiger partial charge in [0.15, 0.2) is 0 Å². The monoisotopic (exact) mass is 260 g/mol. The third-order valence-corrected chi connectivity index (χ3v) is 2.91. The fraction of sp³-hybridized carbons (Fsp3) is 0.308. The summed E-state index contributed by atoms with van der Waals surface area (Å²) < 4.78 is 0. The lowest BCUT2D eigenvalue weighted by Crippen LogP contribution is -2.08. The molecule has 100 valence electrons. The highest BCUT2D eigenvalue weighted by molar-refractivity contribution is 5.99. The number of fused-ring (bicyclic) bond motifs is 1. The Balaban J connectivity index is 2.50. The van der Waals surface area contributed by atoms with Crippen molar-refractivity contribution in [3.63, 3.8) is 0 Å². The molecular weight excluding hydrogens is 244 g/mol. The van der Waals surface area contributed by atoms with E-state index in [1.54, 1.807) is 12.3 Å². The largest absolute Gasteiger partial charge is 0.384 e. The van der Waals surface area contributed by atoms with Crippen LogP contribution < -0.4 is 11.1 Å². The summed E-state index contributed by atoms with van der Waals surface area (Å²) in [5.41, 5.74) is 7.23. The molecule has 0 aliphatic rings. The molecule has 2 aromatic rings. The Morgan fingerprint density at radius 1 is 1.42 bits per heavy atom. The number of aromatic nitrogens is 1. The second-order valence-corrected chi connectivity index (χ2v) is 4.33. The molecule has 0 spiro atoms. The van der Waals surface area contributed by atoms with E-state index in [4.69, 9.17) is 5.73 Å². The molecule has 0 amide bonds. The lowest BCUT2D eigenvalue weighted by atomic mass is 10.1. The zero-order valence-corrected chi connectivity index (χ0v) is 10.7. The predicted octanol–water partition coefficient (Wildman–Crippen LogP) is 2.21. The maximum Gasteiger partial charge on any atom is 0.278 e. The molecule has 1 aromatic heterocycles. The summed E-state index contributed by atoms with van der Waals surface area (Å²) in [5, 5.41) is 15.6. The average molecular weight is 260 g/mol. The molecule has 19 heavy (non-hydrogen) atoms. The number of pyridine rings is 1. The van der Waals surface area contributed by atoms with E-state index in [2.05, 4.69) is 10.3 Å². The van der Waals surface area contributed by atoms with Gasteiger partial charge in [-0.2, -0.15) is 0 Å². The van der Waals surface area contributed by atoms with E-state index < -0.39 is 0 Å². The quantitative estimate of drug-likeness (QED) is 0.488. The second-order valence-electron chi connectivity index (χ2n) is 4.33. The van der Waals surface area contributed by atoms with Gasteiger partial charge in [0.2, 0.25) is 0 Å². The third-order valence-electron chi connectivity index (χ3n) is 2.91. The summed E-state index contributed by atoms with van der Waals surface area (Å²) in [6.45, 7) is 3.21. The number of aryl methyl sites for hydroxylation is 1. The van der Waals surface area contributed by atoms with Crippen LogP contribution in [0.2, 0.25) is 0 Å². The zero-order chi connectivity index (χ0) is 13.8. The highest BCUT2D eigenvalue weighted by atomic mass is 16.6. The van der Waals surface area contributed by atoms with Gasteiger partial charge >= 0.3 is 0 Å². The molecule has 0 radical (unpaired) electrons. The number of nitrogens with two attached hydrogens (primary N) is 1. The number of nitro benzene ring substituents is 1. The van der Waals surface area contributed by atoms with E-state index in [0.717, 1.165) is 29.7 Å². The molecule has 3 N–H and O–H groups in total. The first-order valence-electron chi connectivity index (χ1n) is 6.11. The number of rotatable bonds is 5. The Bertz CT molecular complexity index is 613. The van der Waals surface area contributed by atoms with Gasteiger partial charge in [-0.25, -0.2) is 0 Å². The Labute approximate surface area is 110 Å². The van der Waals surface area contributed by atoms with Gasteiger partial charge in [-0.1, -0.05) is 0 Å². The minimum Gasteiger partial charge on any atom is -0.384 e. The van der Waals surface area contributed by atoms with Crippen LogP contribution in [0.1, 0.15) is 12.1 Å². The molecule has 0 saturated heterocycles. The molecule has 1 aromatic carbocycles. The molecule has 0 unspecified atom stereocenters. The van der Waals surface area contributed by atoms with Crippen LogP contribution >= 0.6 is 0 Å². The van der Waals surface area contributed by atoms with Crippen molar-refractivity contribution >= 4 is 22.1 Å². The topological polar surface area (TPSA) is 94.1 Å². The first-order chi connectivity index (χ1) is 9.13. The van der Waals surface area contributed by atoms with Crippen molar-refractivity contribution in [3.05, 3.63) is 40.2 Å². The van der Waals surface area contributed by atoms with Gasteiger partial charge in [0.05, 0.1) is 10.3 Å². The van der Waals surface area contributed by atoms with E-state index in [1.165, 1.54) is 6.07 Å². The van der Waals surface area contributed by atoms with Crippen molar-refractivity contribution < 1.29 is 4.92 Å². The number of nitrogens with one attached hydrogen (secondary N) is 1. The van der Waals surface area contributed by atoms with E-state index >= 15 is 0 Å². The minimum atomic E-state index is -0.386. The first kappa shape index (κ1) is 13.2. The number of hydrogen-bond donors (Lipinski definition) is 2. The van der Waals surface area contributed by atoms with Crippen LogP contribution in [0.25, 0.3) is 10.8 Å². The van der Waals surface area contributed by atoms with Crippen molar-refractivity contribution in [1.29, 1.82) is 0 Å². The van der Waals surface area contributed by atoms with Crippen molar-refractivity contribution in [2.45, 2.75) is 13.3 Å². The number of hydrogen-bond acceptors (Lipinski definition) is 5. The van der Waals surface area contributed by atoms with Gasteiger partial charge in [0, 0.05) is 35.6 Å². The first-order valence-corrected chi connectivity index (χ1v) is 6.11. The molecule has 0 aliphatic carbocycles. The number of anilines is 1. The summed E-state index contributed by atoms with van der Waals surface area (Å²) in [4.78, 5) is 14.8. The maximum atomic E-state index is 11.0. The summed E-state index contributed by atoms with van der Waals surface area (Å²) in [7, 11) is 0. The highest BCUT2D eigenvalue weighted by Gasteiger charge is 2.14. The van der Waals surface area contributed by atoms with Gasteiger partial charge in [0.25, 0.3) is 5.69 Å².